The highest BCUT2D eigenvalue weighted by Crippen LogP contribution is 2.36. The highest BCUT2D eigenvalue weighted by molar-refractivity contribution is 7.92. The van der Waals surface area contributed by atoms with Crippen molar-refractivity contribution in [2.24, 2.45) is 0 Å². The number of rotatable bonds is 14. The Kier molecular flexibility index (Phi) is 12.4. The van der Waals surface area contributed by atoms with Crippen LogP contribution in [0.3, 0.4) is 0 Å². The molecule has 1 atom stereocenters. The van der Waals surface area contributed by atoms with Crippen molar-refractivity contribution >= 4 is 50.7 Å². The van der Waals surface area contributed by atoms with E-state index in [2.05, 4.69) is 5.32 Å². The minimum atomic E-state index is -4.37. The maximum absolute atomic E-state index is 14.7. The molecule has 0 fully saturated rings. The average Bonchev–Trinajstić information content (AvgIpc) is 3.06. The Labute approximate surface area is 292 Å². The maximum atomic E-state index is 14.7. The molecular weight excluding hydrogens is 673 g/mol. The number of amides is 2. The van der Waals surface area contributed by atoms with Crippen molar-refractivity contribution in [3.63, 3.8) is 0 Å². The molecular formula is C36H39Cl2N3O6S. The molecule has 12 heteroatoms. The first-order chi connectivity index (χ1) is 22.8. The molecule has 0 unspecified atom stereocenters. The van der Waals surface area contributed by atoms with Crippen LogP contribution in [0.15, 0.2) is 95.9 Å². The van der Waals surface area contributed by atoms with Gasteiger partial charge in [-0.3, -0.25) is 13.9 Å². The van der Waals surface area contributed by atoms with Crippen molar-refractivity contribution in [3.8, 4) is 11.5 Å². The summed E-state index contributed by atoms with van der Waals surface area (Å²) in [6.45, 7) is 4.62. The van der Waals surface area contributed by atoms with E-state index < -0.39 is 34.4 Å². The molecule has 0 radical (unpaired) electrons. The second kappa shape index (κ2) is 16.2. The molecule has 0 spiro atoms. The van der Waals surface area contributed by atoms with Crippen LogP contribution in [0.4, 0.5) is 5.69 Å². The second-order valence-electron chi connectivity index (χ2n) is 11.5. The molecule has 0 aliphatic heterocycles. The lowest BCUT2D eigenvalue weighted by molar-refractivity contribution is -0.140. The van der Waals surface area contributed by atoms with Gasteiger partial charge in [-0.05, 0) is 62.7 Å². The van der Waals surface area contributed by atoms with Gasteiger partial charge >= 0.3 is 0 Å². The normalized spacial score (nSPS) is 11.9. The average molecular weight is 713 g/mol. The lowest BCUT2D eigenvalue weighted by Gasteiger charge is -2.34. The standard InChI is InChI=1S/C36H39Cl2N3O6S/c1-24(2)39-36(43)33(20-26-10-7-6-8-11-26)40(22-29-30(37)12-9-13-31(29)38)35(42)23-41(32-21-27(46-4)16-19-34(32)47-5)48(44,45)28-17-14-25(3)15-18-28/h6-19,21,24,33H,20,22-23H2,1-5H3,(H,39,43)/t33-/m1/s1. The van der Waals surface area contributed by atoms with E-state index in [1.165, 1.54) is 37.3 Å². The number of carbonyl (C=O) groups excluding carboxylic acids is 2. The Bertz CT molecular complexity index is 1820. The van der Waals surface area contributed by atoms with Gasteiger partial charge in [0.2, 0.25) is 11.8 Å². The molecule has 0 aromatic heterocycles. The van der Waals surface area contributed by atoms with Crippen molar-refractivity contribution in [1.82, 2.24) is 10.2 Å². The van der Waals surface area contributed by atoms with Gasteiger partial charge in [0.15, 0.2) is 0 Å². The summed E-state index contributed by atoms with van der Waals surface area (Å²) in [7, 11) is -1.52. The van der Waals surface area contributed by atoms with Crippen LogP contribution in [-0.4, -0.2) is 58.0 Å². The third-order valence-electron chi connectivity index (χ3n) is 7.63. The van der Waals surface area contributed by atoms with Gasteiger partial charge < -0.3 is 19.7 Å². The summed E-state index contributed by atoms with van der Waals surface area (Å²) in [5.74, 6) is -0.553. The number of ether oxygens (including phenoxy) is 2. The van der Waals surface area contributed by atoms with Gasteiger partial charge in [-0.25, -0.2) is 8.42 Å². The number of benzene rings is 4. The summed E-state index contributed by atoms with van der Waals surface area (Å²) in [6.07, 6.45) is 0.139. The number of aryl methyl sites for hydroxylation is 1. The Morgan fingerprint density at radius 2 is 1.50 bits per heavy atom. The molecule has 0 heterocycles. The molecule has 48 heavy (non-hydrogen) atoms. The number of hydrogen-bond acceptors (Lipinski definition) is 6. The maximum Gasteiger partial charge on any atom is 0.264 e. The van der Waals surface area contributed by atoms with Crippen molar-refractivity contribution in [1.29, 1.82) is 0 Å². The Morgan fingerprint density at radius 3 is 2.08 bits per heavy atom. The zero-order chi connectivity index (χ0) is 35.0. The summed E-state index contributed by atoms with van der Waals surface area (Å²) < 4.78 is 40.8. The van der Waals surface area contributed by atoms with Gasteiger partial charge in [0.05, 0.1) is 24.8 Å². The van der Waals surface area contributed by atoms with E-state index in [1.807, 2.05) is 51.1 Å². The zero-order valence-electron chi connectivity index (χ0n) is 27.4. The summed E-state index contributed by atoms with van der Waals surface area (Å²) in [5.41, 5.74) is 2.14. The summed E-state index contributed by atoms with van der Waals surface area (Å²) in [4.78, 5) is 30.0. The molecule has 2 amide bonds. The van der Waals surface area contributed by atoms with Crippen LogP contribution in [0.2, 0.25) is 10.0 Å². The summed E-state index contributed by atoms with van der Waals surface area (Å²) >= 11 is 13.2. The van der Waals surface area contributed by atoms with Crippen LogP contribution in [0.25, 0.3) is 0 Å². The quantitative estimate of drug-likeness (QED) is 0.157. The molecule has 0 bridgehead atoms. The van der Waals surface area contributed by atoms with E-state index in [1.54, 1.807) is 42.5 Å². The van der Waals surface area contributed by atoms with Crippen LogP contribution in [0.5, 0.6) is 11.5 Å². The SMILES string of the molecule is COc1ccc(OC)c(N(CC(=O)N(Cc2c(Cl)cccc2Cl)[C@H](Cc2ccccc2)C(=O)NC(C)C)S(=O)(=O)c2ccc(C)cc2)c1. The zero-order valence-corrected chi connectivity index (χ0v) is 29.8. The van der Waals surface area contributed by atoms with Crippen LogP contribution >= 0.6 is 23.2 Å². The first-order valence-corrected chi connectivity index (χ1v) is 17.4. The van der Waals surface area contributed by atoms with E-state index in [-0.39, 0.29) is 35.3 Å². The Morgan fingerprint density at radius 1 is 0.854 bits per heavy atom. The van der Waals surface area contributed by atoms with Crippen molar-refractivity contribution < 1.29 is 27.5 Å². The first kappa shape index (κ1) is 36.6. The van der Waals surface area contributed by atoms with Crippen LogP contribution in [0, 0.1) is 6.92 Å². The second-order valence-corrected chi connectivity index (χ2v) is 14.1. The summed E-state index contributed by atoms with van der Waals surface area (Å²) in [6, 6.07) is 23.9. The van der Waals surface area contributed by atoms with Crippen LogP contribution < -0.4 is 19.1 Å². The number of halogens is 2. The monoisotopic (exact) mass is 711 g/mol. The molecule has 4 aromatic carbocycles. The fraction of sp³-hybridized carbons (Fsp3) is 0.278. The van der Waals surface area contributed by atoms with E-state index in [0.717, 1.165) is 15.4 Å². The number of sulfonamides is 1. The first-order valence-electron chi connectivity index (χ1n) is 15.2. The minimum absolute atomic E-state index is 0.0372. The highest BCUT2D eigenvalue weighted by Gasteiger charge is 2.36. The third-order valence-corrected chi connectivity index (χ3v) is 10.1. The van der Waals surface area contributed by atoms with E-state index in [9.17, 15) is 18.0 Å². The van der Waals surface area contributed by atoms with Crippen molar-refractivity contribution in [2.75, 3.05) is 25.1 Å². The number of anilines is 1. The minimum Gasteiger partial charge on any atom is -0.497 e. The molecule has 1 N–H and O–H groups in total. The number of hydrogen-bond donors (Lipinski definition) is 1. The molecule has 4 rings (SSSR count). The summed E-state index contributed by atoms with van der Waals surface area (Å²) in [5, 5.41) is 3.51. The van der Waals surface area contributed by atoms with E-state index in [0.29, 0.717) is 21.4 Å². The predicted octanol–water partition coefficient (Wildman–Crippen LogP) is 6.68. The van der Waals surface area contributed by atoms with Crippen LogP contribution in [-0.2, 0) is 32.6 Å². The Hall–Kier alpha value is -4.25. The molecule has 254 valence electrons. The highest BCUT2D eigenvalue weighted by atomic mass is 35.5. The molecule has 0 saturated heterocycles. The van der Waals surface area contributed by atoms with Gasteiger partial charge in [0.1, 0.15) is 24.1 Å². The van der Waals surface area contributed by atoms with Gasteiger partial charge in [0, 0.05) is 40.7 Å². The fourth-order valence-corrected chi connectivity index (χ4v) is 7.06. The van der Waals surface area contributed by atoms with Gasteiger partial charge in [-0.1, -0.05) is 77.3 Å². The lowest BCUT2D eigenvalue weighted by Crippen LogP contribution is -2.54. The van der Waals surface area contributed by atoms with Crippen molar-refractivity contribution in [3.05, 3.63) is 118 Å². The number of nitrogens with zero attached hydrogens (tertiary/aromatic N) is 2. The van der Waals surface area contributed by atoms with Crippen LogP contribution in [0.1, 0.15) is 30.5 Å². The molecule has 9 nitrogen and oxygen atoms in total. The fourth-order valence-electron chi connectivity index (χ4n) is 5.13. The number of nitrogens with one attached hydrogen (secondary N) is 1. The molecule has 0 saturated carbocycles. The topological polar surface area (TPSA) is 105 Å². The smallest absolute Gasteiger partial charge is 0.264 e. The van der Waals surface area contributed by atoms with E-state index >= 15 is 0 Å². The van der Waals surface area contributed by atoms with Crippen molar-refractivity contribution in [2.45, 2.75) is 50.7 Å². The number of methoxy groups -OCH3 is 2. The third kappa shape index (κ3) is 8.80. The van der Waals surface area contributed by atoms with Gasteiger partial charge in [-0.2, -0.15) is 0 Å². The van der Waals surface area contributed by atoms with E-state index in [4.69, 9.17) is 32.7 Å². The van der Waals surface area contributed by atoms with Gasteiger partial charge in [-0.15, -0.1) is 0 Å². The molecule has 4 aromatic rings. The lowest BCUT2D eigenvalue weighted by atomic mass is 10.0. The van der Waals surface area contributed by atoms with Gasteiger partial charge in [0.25, 0.3) is 10.0 Å². The molecule has 0 aliphatic rings. The molecule has 0 aliphatic carbocycles. The largest absolute Gasteiger partial charge is 0.497 e. The predicted molar refractivity (Wildman–Crippen MR) is 189 cm³/mol. The number of carbonyl (C=O) groups is 2. The Balaban J connectivity index is 1.90.